The van der Waals surface area contributed by atoms with Crippen molar-refractivity contribution in [1.82, 2.24) is 0 Å². The van der Waals surface area contributed by atoms with Crippen LogP contribution in [-0.2, 0) is 0 Å². The summed E-state index contributed by atoms with van der Waals surface area (Å²) < 4.78 is 0. The Morgan fingerprint density at radius 2 is 0.700 bits per heavy atom. The Hall–Kier alpha value is 0. The zero-order valence-electron chi connectivity index (χ0n) is 16.8. The van der Waals surface area contributed by atoms with E-state index in [0.29, 0.717) is 0 Å². The Morgan fingerprint density at radius 3 is 0.750 bits per heavy atom. The molecule has 0 atom stereocenters. The highest BCUT2D eigenvalue weighted by Crippen LogP contribution is 1.95. The topological polar surface area (TPSA) is 0 Å². The van der Waals surface area contributed by atoms with Crippen molar-refractivity contribution in [3.63, 3.8) is 0 Å². The van der Waals surface area contributed by atoms with E-state index in [1.807, 2.05) is 0 Å². The van der Waals surface area contributed by atoms with Gasteiger partial charge >= 0.3 is 0 Å². The van der Waals surface area contributed by atoms with Crippen LogP contribution in [0.1, 0.15) is 121 Å². The third-order valence-electron chi connectivity index (χ3n) is 2.48. The van der Waals surface area contributed by atoms with Crippen LogP contribution in [0, 0.1) is 11.8 Å². The Labute approximate surface area is 133 Å². The minimum Gasteiger partial charge on any atom is -0.0654 e. The molecule has 0 aliphatic carbocycles. The first-order valence-corrected chi connectivity index (χ1v) is 9.33. The van der Waals surface area contributed by atoms with Crippen molar-refractivity contribution >= 4 is 0 Å². The van der Waals surface area contributed by atoms with Gasteiger partial charge in [0.2, 0.25) is 0 Å². The molecule has 0 rings (SSSR count). The van der Waals surface area contributed by atoms with E-state index in [-0.39, 0.29) is 0 Å². The number of rotatable bonds is 6. The van der Waals surface area contributed by atoms with Crippen molar-refractivity contribution in [3.05, 3.63) is 0 Å². The van der Waals surface area contributed by atoms with Gasteiger partial charge < -0.3 is 0 Å². The fraction of sp³-hybridized carbons (Fsp3) is 1.00. The van der Waals surface area contributed by atoms with E-state index in [2.05, 4.69) is 69.2 Å². The van der Waals surface area contributed by atoms with Crippen molar-refractivity contribution in [2.45, 2.75) is 121 Å². The molecule has 0 aliphatic rings. The van der Waals surface area contributed by atoms with Gasteiger partial charge in [-0.15, -0.1) is 0 Å². The summed E-state index contributed by atoms with van der Waals surface area (Å²) in [6, 6.07) is 0. The molecular formula is C20H48. The van der Waals surface area contributed by atoms with Gasteiger partial charge in [-0.3, -0.25) is 0 Å². The maximum Gasteiger partial charge on any atom is -0.0474 e. The van der Waals surface area contributed by atoms with E-state index in [0.717, 1.165) is 11.8 Å². The molecule has 0 heterocycles. The molecule has 0 amide bonds. The van der Waals surface area contributed by atoms with E-state index in [1.165, 1.54) is 51.4 Å². The molecule has 0 aromatic rings. The van der Waals surface area contributed by atoms with Gasteiger partial charge in [0.15, 0.2) is 0 Å². The van der Waals surface area contributed by atoms with Crippen LogP contribution in [0.3, 0.4) is 0 Å². The van der Waals surface area contributed by atoms with Crippen molar-refractivity contribution in [3.8, 4) is 0 Å². The SMILES string of the molecule is CC(C)C.CCC(C)C.CCCCC.CCCCCC. The summed E-state index contributed by atoms with van der Waals surface area (Å²) in [6.45, 7) is 22.0. The van der Waals surface area contributed by atoms with E-state index in [1.54, 1.807) is 0 Å². The minimum absolute atomic E-state index is 0.833. The maximum absolute atomic E-state index is 2.23. The van der Waals surface area contributed by atoms with Gasteiger partial charge in [-0.25, -0.2) is 0 Å². The summed E-state index contributed by atoms with van der Waals surface area (Å²) in [6.07, 6.45) is 10.9. The molecule has 0 heteroatoms. The molecule has 0 unspecified atom stereocenters. The monoisotopic (exact) mass is 288 g/mol. The smallest absolute Gasteiger partial charge is 0.0474 e. The van der Waals surface area contributed by atoms with E-state index in [4.69, 9.17) is 0 Å². The average Bonchev–Trinajstić information content (AvgIpc) is 2.38. The van der Waals surface area contributed by atoms with Gasteiger partial charge in [-0.1, -0.05) is 121 Å². The molecule has 0 aliphatic heterocycles. The van der Waals surface area contributed by atoms with Gasteiger partial charge in [0.1, 0.15) is 0 Å². The van der Waals surface area contributed by atoms with Crippen molar-refractivity contribution < 1.29 is 0 Å². The zero-order valence-corrected chi connectivity index (χ0v) is 16.8. The molecule has 0 spiro atoms. The van der Waals surface area contributed by atoms with Crippen molar-refractivity contribution in [1.29, 1.82) is 0 Å². The fourth-order valence-electron chi connectivity index (χ4n) is 0.854. The lowest BCUT2D eigenvalue weighted by Gasteiger charge is -1.90. The highest BCUT2D eigenvalue weighted by Gasteiger charge is 1.80. The molecular weight excluding hydrogens is 240 g/mol. The van der Waals surface area contributed by atoms with E-state index >= 15 is 0 Å². The van der Waals surface area contributed by atoms with Crippen molar-refractivity contribution in [2.24, 2.45) is 11.8 Å². The number of hydrogen-bond acceptors (Lipinski definition) is 0. The van der Waals surface area contributed by atoms with E-state index in [9.17, 15) is 0 Å². The average molecular weight is 289 g/mol. The summed E-state index contributed by atoms with van der Waals surface area (Å²) in [5.74, 6) is 1.72. The lowest BCUT2D eigenvalue weighted by Crippen LogP contribution is -1.77. The molecule has 0 N–H and O–H groups in total. The van der Waals surface area contributed by atoms with Crippen LogP contribution in [0.4, 0.5) is 0 Å². The molecule has 0 aromatic carbocycles. The predicted molar refractivity (Wildman–Crippen MR) is 101 cm³/mol. The molecule has 0 saturated heterocycles. The van der Waals surface area contributed by atoms with Crippen LogP contribution >= 0.6 is 0 Å². The predicted octanol–water partition coefficient (Wildman–Crippen LogP) is 8.50. The summed E-state index contributed by atoms with van der Waals surface area (Å²) in [7, 11) is 0. The second-order valence-corrected chi connectivity index (χ2v) is 6.59. The van der Waals surface area contributed by atoms with Gasteiger partial charge in [0, 0.05) is 0 Å². The Bertz CT molecular complexity index is 93.9. The lowest BCUT2D eigenvalue weighted by atomic mass is 10.2. The molecule has 128 valence electrons. The van der Waals surface area contributed by atoms with Crippen LogP contribution < -0.4 is 0 Å². The molecule has 0 aromatic heterocycles. The van der Waals surface area contributed by atoms with Gasteiger partial charge in [-0.2, -0.15) is 0 Å². The van der Waals surface area contributed by atoms with Crippen LogP contribution in [0.2, 0.25) is 0 Å². The third-order valence-corrected chi connectivity index (χ3v) is 2.48. The largest absolute Gasteiger partial charge is 0.0654 e. The maximum atomic E-state index is 2.23. The first kappa shape index (κ1) is 28.2. The summed E-state index contributed by atoms with van der Waals surface area (Å²) in [4.78, 5) is 0. The van der Waals surface area contributed by atoms with E-state index < -0.39 is 0 Å². The summed E-state index contributed by atoms with van der Waals surface area (Å²) in [5, 5.41) is 0. The normalized spacial score (nSPS) is 9.00. The fourth-order valence-corrected chi connectivity index (χ4v) is 0.854. The molecule has 0 radical (unpaired) electrons. The first-order chi connectivity index (χ1) is 9.33. The number of unbranched alkanes of at least 4 members (excludes halogenated alkanes) is 5. The molecule has 0 nitrogen and oxygen atoms in total. The van der Waals surface area contributed by atoms with Crippen LogP contribution in [-0.4, -0.2) is 0 Å². The molecule has 0 fully saturated rings. The Morgan fingerprint density at radius 1 is 0.500 bits per heavy atom. The molecule has 20 heavy (non-hydrogen) atoms. The number of hydrogen-bond donors (Lipinski definition) is 0. The second kappa shape index (κ2) is 31.4. The zero-order chi connectivity index (χ0) is 16.8. The van der Waals surface area contributed by atoms with Gasteiger partial charge in [0.25, 0.3) is 0 Å². The Balaban J connectivity index is -0.0000000862. The standard InChI is InChI=1S/C6H14.2C5H12.C4H10/c1-3-5-6-4-2;1-4-5(2)3;1-3-5-4-2;1-4(2)3/h3-6H2,1-2H3;5H,4H2,1-3H3;3-5H2,1-2H3;4H,1-3H3. The highest BCUT2D eigenvalue weighted by atomic mass is 13.9. The first-order valence-electron chi connectivity index (χ1n) is 9.33. The second-order valence-electron chi connectivity index (χ2n) is 6.59. The Kier molecular flexibility index (Phi) is 44.3. The summed E-state index contributed by atoms with van der Waals surface area (Å²) >= 11 is 0. The quantitative estimate of drug-likeness (QED) is 0.430. The minimum atomic E-state index is 0.833. The van der Waals surface area contributed by atoms with Crippen LogP contribution in [0.25, 0.3) is 0 Å². The van der Waals surface area contributed by atoms with Crippen LogP contribution in [0.15, 0.2) is 0 Å². The summed E-state index contributed by atoms with van der Waals surface area (Å²) in [5.41, 5.74) is 0. The van der Waals surface area contributed by atoms with Crippen molar-refractivity contribution in [2.75, 3.05) is 0 Å². The molecule has 0 bridgehead atoms. The van der Waals surface area contributed by atoms with Gasteiger partial charge in [-0.05, 0) is 11.8 Å². The highest BCUT2D eigenvalue weighted by molar-refractivity contribution is 4.33. The van der Waals surface area contributed by atoms with Gasteiger partial charge in [0.05, 0.1) is 0 Å². The third kappa shape index (κ3) is 106. The lowest BCUT2D eigenvalue weighted by molar-refractivity contribution is 0.626. The molecule has 0 saturated carbocycles. The van der Waals surface area contributed by atoms with Crippen LogP contribution in [0.5, 0.6) is 0 Å².